The van der Waals surface area contributed by atoms with Crippen molar-refractivity contribution in [1.29, 1.82) is 0 Å². The van der Waals surface area contributed by atoms with Gasteiger partial charge in [0.2, 0.25) is 0 Å². The van der Waals surface area contributed by atoms with Crippen molar-refractivity contribution in [1.82, 2.24) is 14.6 Å². The Kier molecular flexibility index (Phi) is 7.15. The molecule has 0 fully saturated rings. The first-order valence-electron chi connectivity index (χ1n) is 9.73. The average molecular weight is 474 g/mol. The highest BCUT2D eigenvalue weighted by atomic mass is 35.5. The fourth-order valence-corrected chi connectivity index (χ4v) is 4.05. The van der Waals surface area contributed by atoms with Crippen molar-refractivity contribution in [3.63, 3.8) is 0 Å². The number of anilines is 1. The summed E-state index contributed by atoms with van der Waals surface area (Å²) in [5, 5.41) is 5.04. The van der Waals surface area contributed by atoms with Crippen molar-refractivity contribution in [2.75, 3.05) is 11.9 Å². The minimum absolute atomic E-state index is 0. The molecule has 1 aromatic heterocycles. The number of aromatic nitrogens is 1. The number of hydrogen-bond donors (Lipinski definition) is 2. The number of nitrogens with two attached hydrogens (primary N) is 1. The van der Waals surface area contributed by atoms with Crippen molar-refractivity contribution in [2.45, 2.75) is 19.6 Å². The second-order valence-corrected chi connectivity index (χ2v) is 8.82. The molecule has 0 saturated heterocycles. The van der Waals surface area contributed by atoms with Gasteiger partial charge < -0.3 is 4.90 Å². The number of rotatable bonds is 6. The molecule has 10 heteroatoms. The van der Waals surface area contributed by atoms with Gasteiger partial charge >= 0.3 is 6.03 Å². The first kappa shape index (κ1) is 23.7. The van der Waals surface area contributed by atoms with Crippen molar-refractivity contribution in [3.05, 3.63) is 83.6 Å². The van der Waals surface area contributed by atoms with E-state index in [1.165, 1.54) is 0 Å². The number of carbonyl (C=O) groups excluding carboxylic acids is 1. The molecule has 32 heavy (non-hydrogen) atoms. The molecule has 4 rings (SSSR count). The SMILES string of the molecule is CN1Cc2c(-c3cccc(CNS(N)(=O)=O)c3)ccnc2N(Cc2ccccc2)C1=O.Cl. The van der Waals surface area contributed by atoms with Gasteiger partial charge in [0, 0.05) is 25.4 Å². The van der Waals surface area contributed by atoms with Gasteiger partial charge in [-0.15, -0.1) is 12.4 Å². The number of nitrogens with one attached hydrogen (secondary N) is 1. The van der Waals surface area contributed by atoms with E-state index in [2.05, 4.69) is 9.71 Å². The fourth-order valence-electron chi connectivity index (χ4n) is 3.68. The third-order valence-corrected chi connectivity index (χ3v) is 5.69. The lowest BCUT2D eigenvalue weighted by atomic mass is 9.97. The quantitative estimate of drug-likeness (QED) is 0.573. The molecule has 3 N–H and O–H groups in total. The Morgan fingerprint density at radius 3 is 2.50 bits per heavy atom. The van der Waals surface area contributed by atoms with E-state index in [9.17, 15) is 13.2 Å². The summed E-state index contributed by atoms with van der Waals surface area (Å²) < 4.78 is 24.7. The van der Waals surface area contributed by atoms with Crippen LogP contribution in [0.25, 0.3) is 11.1 Å². The lowest BCUT2D eigenvalue weighted by Crippen LogP contribution is -2.45. The molecular formula is C22H24ClN5O3S. The van der Waals surface area contributed by atoms with Gasteiger partial charge in [-0.25, -0.2) is 14.9 Å². The normalized spacial score (nSPS) is 13.5. The highest BCUT2D eigenvalue weighted by molar-refractivity contribution is 7.87. The number of urea groups is 1. The van der Waals surface area contributed by atoms with E-state index in [1.54, 1.807) is 23.0 Å². The molecule has 2 heterocycles. The minimum atomic E-state index is -3.78. The summed E-state index contributed by atoms with van der Waals surface area (Å²) >= 11 is 0. The van der Waals surface area contributed by atoms with E-state index >= 15 is 0 Å². The molecule has 2 amide bonds. The molecule has 8 nitrogen and oxygen atoms in total. The summed E-state index contributed by atoms with van der Waals surface area (Å²) in [6.45, 7) is 0.951. The van der Waals surface area contributed by atoms with Gasteiger partial charge in [-0.2, -0.15) is 13.1 Å². The van der Waals surface area contributed by atoms with Gasteiger partial charge in [-0.1, -0.05) is 48.5 Å². The zero-order valence-corrected chi connectivity index (χ0v) is 19.1. The number of nitrogens with zero attached hydrogens (tertiary/aromatic N) is 3. The number of halogens is 1. The number of fused-ring (bicyclic) bond motifs is 1. The van der Waals surface area contributed by atoms with Gasteiger partial charge in [-0.3, -0.25) is 4.90 Å². The fraction of sp³-hybridized carbons (Fsp3) is 0.182. The smallest absolute Gasteiger partial charge is 0.323 e. The third kappa shape index (κ3) is 5.25. The Morgan fingerprint density at radius 1 is 1.06 bits per heavy atom. The molecule has 0 aliphatic carbocycles. The van der Waals surface area contributed by atoms with Crippen LogP contribution < -0.4 is 14.8 Å². The average Bonchev–Trinajstić information content (AvgIpc) is 2.75. The Labute approximate surface area is 193 Å². The summed E-state index contributed by atoms with van der Waals surface area (Å²) in [5.74, 6) is 0.637. The van der Waals surface area contributed by atoms with Crippen LogP contribution in [0.1, 0.15) is 16.7 Å². The Balaban J connectivity index is 0.00000289. The first-order valence-corrected chi connectivity index (χ1v) is 11.3. The monoisotopic (exact) mass is 473 g/mol. The third-order valence-electron chi connectivity index (χ3n) is 5.14. The molecule has 168 valence electrons. The van der Waals surface area contributed by atoms with Gasteiger partial charge in [0.25, 0.3) is 10.2 Å². The maximum Gasteiger partial charge on any atom is 0.326 e. The Hall–Kier alpha value is -2.98. The lowest BCUT2D eigenvalue weighted by molar-refractivity contribution is 0.209. The molecule has 0 spiro atoms. The second-order valence-electron chi connectivity index (χ2n) is 7.44. The van der Waals surface area contributed by atoms with Crippen LogP contribution in [-0.2, 0) is 29.8 Å². The van der Waals surface area contributed by atoms with Gasteiger partial charge in [0.15, 0.2) is 0 Å². The summed E-state index contributed by atoms with van der Waals surface area (Å²) in [7, 11) is -2.01. The summed E-state index contributed by atoms with van der Waals surface area (Å²) in [4.78, 5) is 20.8. The van der Waals surface area contributed by atoms with Gasteiger partial charge in [-0.05, 0) is 34.4 Å². The van der Waals surface area contributed by atoms with Crippen molar-refractivity contribution >= 4 is 34.5 Å². The Bertz CT molecular complexity index is 1220. The molecule has 1 aliphatic rings. The molecule has 0 unspecified atom stereocenters. The summed E-state index contributed by atoms with van der Waals surface area (Å²) in [6, 6.07) is 19.1. The maximum atomic E-state index is 12.9. The largest absolute Gasteiger partial charge is 0.326 e. The summed E-state index contributed by atoms with van der Waals surface area (Å²) in [5.41, 5.74) is 4.59. The number of amides is 2. The number of benzene rings is 2. The van der Waals surface area contributed by atoms with Crippen LogP contribution in [0.4, 0.5) is 10.6 Å². The van der Waals surface area contributed by atoms with Crippen LogP contribution in [0.5, 0.6) is 0 Å². The topological polar surface area (TPSA) is 109 Å². The highest BCUT2D eigenvalue weighted by Gasteiger charge is 2.31. The van der Waals surface area contributed by atoms with Gasteiger partial charge in [0.05, 0.1) is 13.1 Å². The van der Waals surface area contributed by atoms with E-state index in [4.69, 9.17) is 5.14 Å². The van der Waals surface area contributed by atoms with E-state index in [0.29, 0.717) is 18.9 Å². The van der Waals surface area contributed by atoms with Crippen LogP contribution in [0.2, 0.25) is 0 Å². The molecule has 2 aromatic carbocycles. The predicted molar refractivity (Wildman–Crippen MR) is 126 cm³/mol. The van der Waals surface area contributed by atoms with Crippen LogP contribution in [0, 0.1) is 0 Å². The van der Waals surface area contributed by atoms with Crippen LogP contribution >= 0.6 is 12.4 Å². The summed E-state index contributed by atoms with van der Waals surface area (Å²) in [6.07, 6.45) is 1.69. The number of hydrogen-bond acceptors (Lipinski definition) is 4. The van der Waals surface area contributed by atoms with Crippen LogP contribution in [-0.4, -0.2) is 31.4 Å². The zero-order chi connectivity index (χ0) is 22.0. The lowest BCUT2D eigenvalue weighted by Gasteiger charge is -2.35. The van der Waals surface area contributed by atoms with E-state index in [1.807, 2.05) is 60.7 Å². The van der Waals surface area contributed by atoms with Crippen molar-refractivity contribution in [2.24, 2.45) is 5.14 Å². The maximum absolute atomic E-state index is 12.9. The molecule has 0 radical (unpaired) electrons. The van der Waals surface area contributed by atoms with Crippen molar-refractivity contribution < 1.29 is 13.2 Å². The minimum Gasteiger partial charge on any atom is -0.323 e. The predicted octanol–water partition coefficient (Wildman–Crippen LogP) is 3.04. The second kappa shape index (κ2) is 9.66. The molecule has 0 saturated carbocycles. The van der Waals surface area contributed by atoms with Crippen LogP contribution in [0.3, 0.4) is 0 Å². The van der Waals surface area contributed by atoms with Crippen LogP contribution in [0.15, 0.2) is 66.9 Å². The van der Waals surface area contributed by atoms with Gasteiger partial charge in [0.1, 0.15) is 5.82 Å². The molecule has 3 aromatic rings. The van der Waals surface area contributed by atoms with E-state index in [0.717, 1.165) is 27.8 Å². The van der Waals surface area contributed by atoms with E-state index in [-0.39, 0.29) is 25.0 Å². The van der Waals surface area contributed by atoms with E-state index < -0.39 is 10.2 Å². The molecule has 1 aliphatic heterocycles. The number of pyridine rings is 1. The molecular weight excluding hydrogens is 450 g/mol. The first-order chi connectivity index (χ1) is 14.8. The standard InChI is InChI=1S/C22H23N5O3S.ClH/c1-26-15-20-19(18-9-5-8-17(12-18)13-25-31(23,29)30)10-11-24-21(20)27(22(26)28)14-16-6-3-2-4-7-16;/h2-12,25H,13-15H2,1H3,(H2,23,29,30);1H. The number of carbonyl (C=O) groups is 1. The Morgan fingerprint density at radius 2 is 1.78 bits per heavy atom. The molecule has 0 bridgehead atoms. The highest BCUT2D eigenvalue weighted by Crippen LogP contribution is 2.35. The van der Waals surface area contributed by atoms with Crippen molar-refractivity contribution in [3.8, 4) is 11.1 Å². The molecule has 0 atom stereocenters. The zero-order valence-electron chi connectivity index (χ0n) is 17.4.